The molecule has 9 nitrogen and oxygen atoms in total. The van der Waals surface area contributed by atoms with Crippen molar-refractivity contribution in [3.63, 3.8) is 0 Å². The highest BCUT2D eigenvalue weighted by molar-refractivity contribution is 14.0. The topological polar surface area (TPSA) is 72.9 Å². The Morgan fingerprint density at radius 1 is 0.967 bits per heavy atom. The minimum atomic E-state index is 0. The van der Waals surface area contributed by atoms with Crippen molar-refractivity contribution in [1.82, 2.24) is 24.9 Å². The van der Waals surface area contributed by atoms with Crippen LogP contribution in [-0.2, 0) is 14.3 Å². The van der Waals surface area contributed by atoms with E-state index in [0.717, 1.165) is 64.7 Å². The molecular formula is C20H39IN6O3. The maximum absolute atomic E-state index is 12.5. The Hall–Kier alpha value is -0.690. The van der Waals surface area contributed by atoms with Crippen LogP contribution in [0.25, 0.3) is 0 Å². The summed E-state index contributed by atoms with van der Waals surface area (Å²) in [7, 11) is 6.16. The maximum Gasteiger partial charge on any atom is 0.236 e. The summed E-state index contributed by atoms with van der Waals surface area (Å²) in [6.07, 6.45) is 2.06. The first kappa shape index (κ1) is 25.6. The Kier molecular flexibility index (Phi) is 10.5. The second-order valence-electron chi connectivity index (χ2n) is 8.39. The van der Waals surface area contributed by atoms with E-state index in [0.29, 0.717) is 32.8 Å². The number of likely N-dealkylation sites (N-methyl/N-ethyl adjacent to an activating group) is 1. The molecule has 3 aliphatic rings. The van der Waals surface area contributed by atoms with Crippen molar-refractivity contribution in [3.8, 4) is 0 Å². The molecular weight excluding hydrogens is 499 g/mol. The number of hydrogen-bond donors (Lipinski definition) is 1. The minimum Gasteiger partial charge on any atom is -0.381 e. The molecule has 10 heteroatoms. The molecule has 0 aromatic rings. The molecule has 0 unspecified atom stereocenters. The fourth-order valence-corrected chi connectivity index (χ4v) is 4.33. The van der Waals surface area contributed by atoms with Crippen LogP contribution in [0.2, 0.25) is 0 Å². The number of halogens is 1. The number of hydrogen-bond acceptors (Lipinski definition) is 6. The van der Waals surface area contributed by atoms with E-state index in [1.165, 1.54) is 0 Å². The highest BCUT2D eigenvalue weighted by Crippen LogP contribution is 2.25. The quantitative estimate of drug-likeness (QED) is 0.295. The Morgan fingerprint density at radius 3 is 2.13 bits per heavy atom. The SMILES string of the molecule is CN=C(NCC1(N(C)C)CCOCC1)N1CCN(CC(=O)N2CCOCC2)CC1.I. The van der Waals surface area contributed by atoms with Gasteiger partial charge in [-0.25, -0.2) is 0 Å². The summed E-state index contributed by atoms with van der Waals surface area (Å²) in [6, 6.07) is 0. The van der Waals surface area contributed by atoms with E-state index in [-0.39, 0.29) is 35.4 Å². The second kappa shape index (κ2) is 12.4. The normalized spacial score (nSPS) is 23.3. The molecule has 0 aromatic heterocycles. The molecule has 0 saturated carbocycles. The van der Waals surface area contributed by atoms with Gasteiger partial charge < -0.3 is 29.5 Å². The highest BCUT2D eigenvalue weighted by Gasteiger charge is 2.35. The van der Waals surface area contributed by atoms with Crippen LogP contribution in [0.4, 0.5) is 0 Å². The van der Waals surface area contributed by atoms with E-state index in [1.807, 2.05) is 11.9 Å². The molecule has 0 bridgehead atoms. The lowest BCUT2D eigenvalue weighted by Gasteiger charge is -2.44. The van der Waals surface area contributed by atoms with E-state index in [9.17, 15) is 4.79 Å². The molecule has 30 heavy (non-hydrogen) atoms. The van der Waals surface area contributed by atoms with Crippen molar-refractivity contribution in [2.45, 2.75) is 18.4 Å². The molecule has 3 saturated heterocycles. The average molecular weight is 538 g/mol. The van der Waals surface area contributed by atoms with Crippen molar-refractivity contribution in [3.05, 3.63) is 0 Å². The van der Waals surface area contributed by atoms with E-state index in [1.54, 1.807) is 0 Å². The zero-order chi connectivity index (χ0) is 20.7. The van der Waals surface area contributed by atoms with Gasteiger partial charge in [0.1, 0.15) is 0 Å². The maximum atomic E-state index is 12.5. The largest absolute Gasteiger partial charge is 0.381 e. The third-order valence-electron chi connectivity index (χ3n) is 6.55. The Morgan fingerprint density at radius 2 is 1.57 bits per heavy atom. The number of morpholine rings is 1. The van der Waals surface area contributed by atoms with Crippen molar-refractivity contribution < 1.29 is 14.3 Å². The Balaban J connectivity index is 0.00000320. The first-order valence-electron chi connectivity index (χ1n) is 10.8. The van der Waals surface area contributed by atoms with Crippen LogP contribution in [0.1, 0.15) is 12.8 Å². The number of amides is 1. The number of carbonyl (C=O) groups is 1. The number of piperazine rings is 1. The van der Waals surface area contributed by atoms with Gasteiger partial charge in [-0.15, -0.1) is 24.0 Å². The zero-order valence-electron chi connectivity index (χ0n) is 18.8. The summed E-state index contributed by atoms with van der Waals surface area (Å²) < 4.78 is 10.9. The average Bonchev–Trinajstić information content (AvgIpc) is 2.76. The van der Waals surface area contributed by atoms with Gasteiger partial charge in [0.25, 0.3) is 0 Å². The number of ether oxygens (including phenoxy) is 2. The van der Waals surface area contributed by atoms with E-state index >= 15 is 0 Å². The lowest BCUT2D eigenvalue weighted by Crippen LogP contribution is -2.59. The highest BCUT2D eigenvalue weighted by atomic mass is 127. The fourth-order valence-electron chi connectivity index (χ4n) is 4.33. The summed E-state index contributed by atoms with van der Waals surface area (Å²) in [5, 5.41) is 3.61. The van der Waals surface area contributed by atoms with Gasteiger partial charge in [0.2, 0.25) is 5.91 Å². The van der Waals surface area contributed by atoms with Crippen LogP contribution in [0.15, 0.2) is 4.99 Å². The van der Waals surface area contributed by atoms with Crippen LogP contribution in [-0.4, -0.2) is 137 Å². The van der Waals surface area contributed by atoms with Gasteiger partial charge in [-0.3, -0.25) is 14.7 Å². The first-order valence-corrected chi connectivity index (χ1v) is 10.8. The molecule has 1 amide bonds. The third-order valence-corrected chi connectivity index (χ3v) is 6.55. The van der Waals surface area contributed by atoms with Crippen LogP contribution >= 0.6 is 24.0 Å². The molecule has 0 aromatic carbocycles. The number of aliphatic imine (C=N–C) groups is 1. The molecule has 3 rings (SSSR count). The summed E-state index contributed by atoms with van der Waals surface area (Å²) >= 11 is 0. The predicted molar refractivity (Wildman–Crippen MR) is 129 cm³/mol. The molecule has 3 heterocycles. The summed E-state index contributed by atoms with van der Waals surface area (Å²) in [6.45, 7) is 9.26. The molecule has 0 spiro atoms. The van der Waals surface area contributed by atoms with Gasteiger partial charge in [-0.05, 0) is 26.9 Å². The number of nitrogens with one attached hydrogen (secondary N) is 1. The van der Waals surface area contributed by atoms with E-state index in [4.69, 9.17) is 9.47 Å². The fraction of sp³-hybridized carbons (Fsp3) is 0.900. The van der Waals surface area contributed by atoms with Gasteiger partial charge in [0.05, 0.1) is 19.8 Å². The smallest absolute Gasteiger partial charge is 0.236 e. The van der Waals surface area contributed by atoms with Crippen LogP contribution in [0, 0.1) is 0 Å². The van der Waals surface area contributed by atoms with Gasteiger partial charge >= 0.3 is 0 Å². The summed E-state index contributed by atoms with van der Waals surface area (Å²) in [5.41, 5.74) is 0.112. The lowest BCUT2D eigenvalue weighted by atomic mass is 9.88. The minimum absolute atomic E-state index is 0. The van der Waals surface area contributed by atoms with Crippen molar-refractivity contribution in [2.24, 2.45) is 4.99 Å². The van der Waals surface area contributed by atoms with Crippen molar-refractivity contribution >= 4 is 35.8 Å². The first-order chi connectivity index (χ1) is 14.0. The van der Waals surface area contributed by atoms with Crippen LogP contribution in [0.5, 0.6) is 0 Å². The van der Waals surface area contributed by atoms with Gasteiger partial charge in [0.15, 0.2) is 5.96 Å². The number of rotatable bonds is 5. The zero-order valence-corrected chi connectivity index (χ0v) is 21.1. The lowest BCUT2D eigenvalue weighted by molar-refractivity contribution is -0.136. The van der Waals surface area contributed by atoms with Crippen LogP contribution < -0.4 is 5.32 Å². The van der Waals surface area contributed by atoms with Gasteiger partial charge in [0, 0.05) is 71.6 Å². The molecule has 0 radical (unpaired) electrons. The Labute approximate surface area is 198 Å². The van der Waals surface area contributed by atoms with Crippen LogP contribution in [0.3, 0.4) is 0 Å². The molecule has 3 aliphatic heterocycles. The third kappa shape index (κ3) is 6.65. The van der Waals surface area contributed by atoms with Crippen molar-refractivity contribution in [1.29, 1.82) is 0 Å². The van der Waals surface area contributed by atoms with Gasteiger partial charge in [-0.1, -0.05) is 0 Å². The summed E-state index contributed by atoms with van der Waals surface area (Å²) in [5.74, 6) is 1.17. The standard InChI is InChI=1S/C20H38N6O3.HI/c1-21-19(22-17-20(23(2)3)4-12-28-13-5-20)26-8-6-24(7-9-26)16-18(27)25-10-14-29-15-11-25;/h4-17H2,1-3H3,(H,21,22);1H. The molecule has 174 valence electrons. The second-order valence-corrected chi connectivity index (χ2v) is 8.39. The number of carbonyl (C=O) groups excluding carboxylic acids is 1. The molecule has 0 aliphatic carbocycles. The summed E-state index contributed by atoms with van der Waals surface area (Å²) in [4.78, 5) is 25.8. The van der Waals surface area contributed by atoms with Crippen molar-refractivity contribution in [2.75, 3.05) is 99.9 Å². The number of nitrogens with zero attached hydrogens (tertiary/aromatic N) is 5. The monoisotopic (exact) mass is 538 g/mol. The molecule has 0 atom stereocenters. The van der Waals surface area contributed by atoms with E-state index < -0.39 is 0 Å². The number of guanidine groups is 1. The predicted octanol–water partition coefficient (Wildman–Crippen LogP) is -0.233. The molecule has 3 fully saturated rings. The van der Waals surface area contributed by atoms with Gasteiger partial charge in [-0.2, -0.15) is 0 Å². The van der Waals surface area contributed by atoms with E-state index in [2.05, 4.69) is 39.1 Å². The Bertz CT molecular complexity index is 557. The molecule has 1 N–H and O–H groups in total.